The number of carbonyl (C=O) groups is 3. The van der Waals surface area contributed by atoms with Gasteiger partial charge in [0.15, 0.2) is 15.6 Å². The van der Waals surface area contributed by atoms with Crippen molar-refractivity contribution >= 4 is 27.6 Å². The number of sulfone groups is 1. The summed E-state index contributed by atoms with van der Waals surface area (Å²) >= 11 is 0. The fraction of sp³-hybridized carbons (Fsp3) is 0.769. The quantitative estimate of drug-likeness (QED) is 0.658. The van der Waals surface area contributed by atoms with Gasteiger partial charge in [0.2, 0.25) is 5.91 Å². The molecule has 0 aromatic rings. The highest BCUT2D eigenvalue weighted by atomic mass is 32.2. The first-order chi connectivity index (χ1) is 9.98. The third-order valence-electron chi connectivity index (χ3n) is 3.39. The minimum Gasteiger partial charge on any atom is -0.444 e. The highest BCUT2D eigenvalue weighted by Crippen LogP contribution is 2.22. The molecule has 0 aromatic heterocycles. The van der Waals surface area contributed by atoms with Crippen LogP contribution in [0, 0.1) is 0 Å². The molecule has 2 rings (SSSR count). The molecular formula is C13H20N2O6S. The van der Waals surface area contributed by atoms with Gasteiger partial charge in [0, 0.05) is 13.0 Å². The Balaban J connectivity index is 2.12. The Labute approximate surface area is 129 Å². The summed E-state index contributed by atoms with van der Waals surface area (Å²) in [6, 6.07) is -0.976. The van der Waals surface area contributed by atoms with E-state index < -0.39 is 33.5 Å². The molecule has 2 amide bonds. The van der Waals surface area contributed by atoms with Crippen LogP contribution in [0.25, 0.3) is 0 Å². The Kier molecular flexibility index (Phi) is 4.20. The number of amides is 2. The SMILES string of the molecule is CC(C)(C)OC(=O)N1CC(=O)C[C@H]1C(=O)N1CCS(=O)(=O)C1. The molecule has 0 saturated carbocycles. The third kappa shape index (κ3) is 3.76. The van der Waals surface area contributed by atoms with Gasteiger partial charge < -0.3 is 9.64 Å². The van der Waals surface area contributed by atoms with Crippen LogP contribution >= 0.6 is 0 Å². The maximum atomic E-state index is 12.4. The molecule has 0 bridgehead atoms. The molecule has 0 spiro atoms. The van der Waals surface area contributed by atoms with Gasteiger partial charge in [-0.2, -0.15) is 0 Å². The smallest absolute Gasteiger partial charge is 0.411 e. The predicted octanol–water partition coefficient (Wildman–Crippen LogP) is -0.221. The lowest BCUT2D eigenvalue weighted by Gasteiger charge is -2.29. The van der Waals surface area contributed by atoms with Crippen molar-refractivity contribution in [3.8, 4) is 0 Å². The van der Waals surface area contributed by atoms with Crippen LogP contribution in [0.3, 0.4) is 0 Å². The number of hydrogen-bond acceptors (Lipinski definition) is 6. The first-order valence-electron chi connectivity index (χ1n) is 6.99. The summed E-state index contributed by atoms with van der Waals surface area (Å²) in [6.45, 7) is 4.96. The van der Waals surface area contributed by atoms with E-state index in [1.165, 1.54) is 4.90 Å². The summed E-state index contributed by atoms with van der Waals surface area (Å²) in [5, 5.41) is 0. The molecule has 2 fully saturated rings. The Morgan fingerprint density at radius 1 is 1.27 bits per heavy atom. The molecule has 0 aliphatic carbocycles. The van der Waals surface area contributed by atoms with Crippen molar-refractivity contribution < 1.29 is 27.5 Å². The van der Waals surface area contributed by atoms with Crippen LogP contribution in [0.2, 0.25) is 0 Å². The number of likely N-dealkylation sites (tertiary alicyclic amines) is 1. The topological polar surface area (TPSA) is 101 Å². The van der Waals surface area contributed by atoms with E-state index in [1.54, 1.807) is 20.8 Å². The van der Waals surface area contributed by atoms with E-state index in [9.17, 15) is 22.8 Å². The van der Waals surface area contributed by atoms with E-state index in [0.717, 1.165) is 4.90 Å². The van der Waals surface area contributed by atoms with Crippen molar-refractivity contribution in [2.24, 2.45) is 0 Å². The number of hydrogen-bond donors (Lipinski definition) is 0. The fourth-order valence-electron chi connectivity index (χ4n) is 2.42. The van der Waals surface area contributed by atoms with Crippen LogP contribution in [0.15, 0.2) is 0 Å². The second kappa shape index (κ2) is 5.53. The molecular weight excluding hydrogens is 312 g/mol. The van der Waals surface area contributed by atoms with Crippen molar-refractivity contribution in [1.29, 1.82) is 0 Å². The Morgan fingerprint density at radius 3 is 2.41 bits per heavy atom. The van der Waals surface area contributed by atoms with Gasteiger partial charge in [-0.25, -0.2) is 13.2 Å². The van der Waals surface area contributed by atoms with Crippen molar-refractivity contribution in [2.45, 2.75) is 38.8 Å². The second-order valence-corrected chi connectivity index (χ2v) is 8.70. The van der Waals surface area contributed by atoms with Crippen molar-refractivity contribution in [3.05, 3.63) is 0 Å². The summed E-state index contributed by atoms with van der Waals surface area (Å²) in [5.74, 6) is -1.21. The molecule has 124 valence electrons. The van der Waals surface area contributed by atoms with Crippen LogP contribution in [0.1, 0.15) is 27.2 Å². The summed E-state index contributed by atoms with van der Waals surface area (Å²) in [4.78, 5) is 38.5. The lowest BCUT2D eigenvalue weighted by Crippen LogP contribution is -2.48. The Morgan fingerprint density at radius 2 is 1.91 bits per heavy atom. The van der Waals surface area contributed by atoms with Crippen LogP contribution in [-0.2, 0) is 24.2 Å². The van der Waals surface area contributed by atoms with E-state index >= 15 is 0 Å². The summed E-state index contributed by atoms with van der Waals surface area (Å²) < 4.78 is 28.1. The lowest BCUT2D eigenvalue weighted by atomic mass is 10.2. The standard InChI is InChI=1S/C13H20N2O6S/c1-13(2,3)21-12(18)15-7-9(16)6-10(15)11(17)14-4-5-22(19,20)8-14/h10H,4-8H2,1-3H3/t10-/m0/s1. The zero-order chi connectivity index (χ0) is 16.7. The zero-order valence-corrected chi connectivity index (χ0v) is 13.7. The maximum absolute atomic E-state index is 12.4. The third-order valence-corrected chi connectivity index (χ3v) is 4.90. The summed E-state index contributed by atoms with van der Waals surface area (Å²) in [6.07, 6.45) is -0.840. The zero-order valence-electron chi connectivity index (χ0n) is 12.9. The van der Waals surface area contributed by atoms with E-state index in [2.05, 4.69) is 0 Å². The van der Waals surface area contributed by atoms with Gasteiger partial charge in [0.1, 0.15) is 17.5 Å². The molecule has 1 atom stereocenters. The minimum absolute atomic E-state index is 0.0913. The van der Waals surface area contributed by atoms with Gasteiger partial charge in [0.25, 0.3) is 0 Å². The van der Waals surface area contributed by atoms with Crippen LogP contribution < -0.4 is 0 Å². The van der Waals surface area contributed by atoms with Gasteiger partial charge in [-0.15, -0.1) is 0 Å². The van der Waals surface area contributed by atoms with Gasteiger partial charge >= 0.3 is 6.09 Å². The average molecular weight is 332 g/mol. The predicted molar refractivity (Wildman–Crippen MR) is 76.7 cm³/mol. The molecule has 2 aliphatic rings. The van der Waals surface area contributed by atoms with Gasteiger partial charge in [-0.3, -0.25) is 14.5 Å². The fourth-order valence-corrected chi connectivity index (χ4v) is 3.78. The number of nitrogens with zero attached hydrogens (tertiary/aromatic N) is 2. The van der Waals surface area contributed by atoms with Crippen molar-refractivity contribution in [2.75, 3.05) is 24.7 Å². The second-order valence-electron chi connectivity index (χ2n) is 6.55. The molecule has 2 aliphatic heterocycles. The molecule has 0 aromatic carbocycles. The van der Waals surface area contributed by atoms with Crippen LogP contribution in [0.5, 0.6) is 0 Å². The first-order valence-corrected chi connectivity index (χ1v) is 8.81. The molecule has 22 heavy (non-hydrogen) atoms. The molecule has 0 N–H and O–H groups in total. The molecule has 8 nitrogen and oxygen atoms in total. The highest BCUT2D eigenvalue weighted by Gasteiger charge is 2.44. The van der Waals surface area contributed by atoms with Gasteiger partial charge in [-0.1, -0.05) is 0 Å². The van der Waals surface area contributed by atoms with Crippen LogP contribution in [0.4, 0.5) is 4.79 Å². The molecule has 0 radical (unpaired) electrons. The van der Waals surface area contributed by atoms with Gasteiger partial charge in [-0.05, 0) is 20.8 Å². The summed E-state index contributed by atoms with van der Waals surface area (Å²) in [7, 11) is -3.26. The molecule has 0 unspecified atom stereocenters. The Hall–Kier alpha value is -1.64. The number of rotatable bonds is 1. The molecule has 2 heterocycles. The maximum Gasteiger partial charge on any atom is 0.411 e. The number of ketones is 1. The summed E-state index contributed by atoms with van der Waals surface area (Å²) in [5.41, 5.74) is -0.743. The lowest BCUT2D eigenvalue weighted by molar-refractivity contribution is -0.134. The molecule has 9 heteroatoms. The van der Waals surface area contributed by atoms with Crippen LogP contribution in [-0.4, -0.2) is 72.4 Å². The largest absolute Gasteiger partial charge is 0.444 e. The van der Waals surface area contributed by atoms with E-state index in [4.69, 9.17) is 4.74 Å². The van der Waals surface area contributed by atoms with Crippen molar-refractivity contribution in [1.82, 2.24) is 9.80 Å². The Bertz CT molecular complexity index is 607. The first kappa shape index (κ1) is 16.7. The monoisotopic (exact) mass is 332 g/mol. The van der Waals surface area contributed by atoms with Gasteiger partial charge in [0.05, 0.1) is 12.3 Å². The minimum atomic E-state index is -3.26. The van der Waals surface area contributed by atoms with E-state index in [-0.39, 0.29) is 36.9 Å². The average Bonchev–Trinajstić information content (AvgIpc) is 2.89. The van der Waals surface area contributed by atoms with E-state index in [0.29, 0.717) is 0 Å². The normalized spacial score (nSPS) is 24.7. The van der Waals surface area contributed by atoms with E-state index in [1.807, 2.05) is 0 Å². The number of ether oxygens (including phenoxy) is 1. The molecule has 2 saturated heterocycles. The van der Waals surface area contributed by atoms with Crippen molar-refractivity contribution in [3.63, 3.8) is 0 Å². The number of Topliss-reactive ketones (excluding diaryl/α,β-unsaturated/α-hetero) is 1. The number of carbonyl (C=O) groups excluding carboxylic acids is 3. The highest BCUT2D eigenvalue weighted by molar-refractivity contribution is 7.91.